The summed E-state index contributed by atoms with van der Waals surface area (Å²) in [6, 6.07) is 5.44. The van der Waals surface area contributed by atoms with Crippen molar-refractivity contribution in [2.75, 3.05) is 69.7 Å². The van der Waals surface area contributed by atoms with Gasteiger partial charge in [-0.2, -0.15) is 0 Å². The summed E-state index contributed by atoms with van der Waals surface area (Å²) in [6.07, 6.45) is 12.2. The minimum absolute atomic E-state index is 0.00652. The second kappa shape index (κ2) is 21.6. The third-order valence-electron chi connectivity index (χ3n) is 10.0. The smallest absolute Gasteiger partial charge is 0.407 e. The SMILES string of the molecule is COC(=O)CCCCCCCCN1CCN(C(=O)CCC(=O)Nc2cccc(Sc3cnc(N4CCC(C)(CNC(=O)OC(C)(C)C)CC4)cn3)c2Cl)CC1. The highest BCUT2D eigenvalue weighted by molar-refractivity contribution is 7.99. The van der Waals surface area contributed by atoms with Crippen LogP contribution >= 0.6 is 23.4 Å². The van der Waals surface area contributed by atoms with Gasteiger partial charge in [-0.3, -0.25) is 19.3 Å². The van der Waals surface area contributed by atoms with Crippen LogP contribution in [0.15, 0.2) is 40.5 Å². The summed E-state index contributed by atoms with van der Waals surface area (Å²) in [5.41, 5.74) is -0.0714. The van der Waals surface area contributed by atoms with Crippen molar-refractivity contribution in [2.45, 2.75) is 114 Å². The van der Waals surface area contributed by atoms with Gasteiger partial charge >= 0.3 is 12.1 Å². The van der Waals surface area contributed by atoms with E-state index in [0.717, 1.165) is 82.0 Å². The fourth-order valence-corrected chi connectivity index (χ4v) is 7.67. The Kier molecular flexibility index (Phi) is 17.3. The van der Waals surface area contributed by atoms with Crippen LogP contribution in [0, 0.1) is 5.41 Å². The first-order valence-electron chi connectivity index (χ1n) is 19.6. The van der Waals surface area contributed by atoms with E-state index in [1.54, 1.807) is 18.5 Å². The molecule has 0 atom stereocenters. The van der Waals surface area contributed by atoms with E-state index in [1.165, 1.54) is 31.7 Å². The summed E-state index contributed by atoms with van der Waals surface area (Å²) < 4.78 is 10.1. The summed E-state index contributed by atoms with van der Waals surface area (Å²) in [5, 5.41) is 6.88. The molecule has 2 aliphatic rings. The third-order valence-corrected chi connectivity index (χ3v) is 11.5. The van der Waals surface area contributed by atoms with Gasteiger partial charge in [0.05, 0.1) is 30.2 Å². The molecule has 55 heavy (non-hydrogen) atoms. The predicted octanol–water partition coefficient (Wildman–Crippen LogP) is 7.18. The molecule has 1 aromatic carbocycles. The second-order valence-corrected chi connectivity index (χ2v) is 17.2. The monoisotopic (exact) mass is 801 g/mol. The first-order valence-corrected chi connectivity index (χ1v) is 20.8. The van der Waals surface area contributed by atoms with E-state index in [2.05, 4.69) is 42.1 Å². The Morgan fingerprint density at radius 2 is 1.58 bits per heavy atom. The van der Waals surface area contributed by atoms with Gasteiger partial charge in [0.25, 0.3) is 0 Å². The maximum atomic E-state index is 12.9. The molecule has 3 heterocycles. The number of nitrogens with one attached hydrogen (secondary N) is 2. The molecule has 1 aromatic heterocycles. The van der Waals surface area contributed by atoms with Crippen molar-refractivity contribution < 1.29 is 28.7 Å². The van der Waals surface area contributed by atoms with Crippen LogP contribution in [0.5, 0.6) is 0 Å². The van der Waals surface area contributed by atoms with E-state index in [0.29, 0.717) is 41.8 Å². The Morgan fingerprint density at radius 3 is 2.24 bits per heavy atom. The Morgan fingerprint density at radius 1 is 0.891 bits per heavy atom. The highest BCUT2D eigenvalue weighted by atomic mass is 35.5. The number of amides is 3. The fraction of sp³-hybridized carbons (Fsp3) is 0.650. The average molecular weight is 802 g/mol. The van der Waals surface area contributed by atoms with E-state index >= 15 is 0 Å². The number of piperazine rings is 1. The Hall–Kier alpha value is -3.62. The summed E-state index contributed by atoms with van der Waals surface area (Å²) in [4.78, 5) is 65.6. The van der Waals surface area contributed by atoms with Gasteiger partial charge in [0.15, 0.2) is 0 Å². The lowest BCUT2D eigenvalue weighted by Gasteiger charge is -2.40. The molecule has 2 aromatic rings. The van der Waals surface area contributed by atoms with E-state index in [1.807, 2.05) is 37.8 Å². The molecule has 2 saturated heterocycles. The molecule has 0 saturated carbocycles. The molecule has 0 aliphatic carbocycles. The number of methoxy groups -OCH3 is 1. The minimum atomic E-state index is -0.527. The number of hydrogen-bond donors (Lipinski definition) is 2. The number of carbonyl (C=O) groups is 4. The Labute approximate surface area is 336 Å². The number of halogens is 1. The number of ether oxygens (including phenoxy) is 2. The van der Waals surface area contributed by atoms with Crippen molar-refractivity contribution in [3.63, 3.8) is 0 Å². The number of alkyl carbamates (subject to hydrolysis) is 1. The van der Waals surface area contributed by atoms with Crippen molar-refractivity contribution in [3.8, 4) is 0 Å². The van der Waals surface area contributed by atoms with Gasteiger partial charge in [-0.1, -0.05) is 62.0 Å². The van der Waals surface area contributed by atoms with Crippen LogP contribution in [-0.4, -0.2) is 109 Å². The highest BCUT2D eigenvalue weighted by Crippen LogP contribution is 2.37. The largest absolute Gasteiger partial charge is 0.469 e. The molecule has 0 radical (unpaired) electrons. The van der Waals surface area contributed by atoms with Crippen molar-refractivity contribution >= 4 is 58.7 Å². The molecule has 2 aliphatic heterocycles. The van der Waals surface area contributed by atoms with Gasteiger partial charge in [0.1, 0.15) is 16.4 Å². The molecular weight excluding hydrogens is 742 g/mol. The van der Waals surface area contributed by atoms with E-state index in [4.69, 9.17) is 16.3 Å². The Balaban J connectivity index is 1.13. The molecule has 2 fully saturated rings. The van der Waals surface area contributed by atoms with Gasteiger partial charge in [-0.15, -0.1) is 0 Å². The van der Waals surface area contributed by atoms with E-state index < -0.39 is 11.7 Å². The number of anilines is 2. The molecule has 304 valence electrons. The van der Waals surface area contributed by atoms with Gasteiger partial charge in [-0.05, 0) is 70.5 Å². The summed E-state index contributed by atoms with van der Waals surface area (Å²) in [6.45, 7) is 14.0. The fourth-order valence-electron chi connectivity index (χ4n) is 6.60. The summed E-state index contributed by atoms with van der Waals surface area (Å²) >= 11 is 8.09. The molecule has 13 nitrogen and oxygen atoms in total. The zero-order valence-corrected chi connectivity index (χ0v) is 34.9. The molecule has 0 unspecified atom stereocenters. The lowest BCUT2D eigenvalue weighted by atomic mass is 9.80. The van der Waals surface area contributed by atoms with Gasteiger partial charge in [-0.25, -0.2) is 14.8 Å². The topological polar surface area (TPSA) is 146 Å². The Bertz CT molecular complexity index is 1560. The normalized spacial score (nSPS) is 16.0. The van der Waals surface area contributed by atoms with E-state index in [-0.39, 0.29) is 36.0 Å². The van der Waals surface area contributed by atoms with Crippen molar-refractivity contribution in [3.05, 3.63) is 35.6 Å². The van der Waals surface area contributed by atoms with Gasteiger partial charge < -0.3 is 29.9 Å². The summed E-state index contributed by atoms with van der Waals surface area (Å²) in [5.74, 6) is 0.393. The van der Waals surface area contributed by atoms with Crippen LogP contribution in [0.25, 0.3) is 0 Å². The molecule has 3 amide bonds. The highest BCUT2D eigenvalue weighted by Gasteiger charge is 2.32. The van der Waals surface area contributed by atoms with Crippen LogP contribution in [0.1, 0.15) is 98.3 Å². The van der Waals surface area contributed by atoms with E-state index in [9.17, 15) is 19.2 Å². The van der Waals surface area contributed by atoms with Crippen LogP contribution in [0.4, 0.5) is 16.3 Å². The zero-order valence-electron chi connectivity index (χ0n) is 33.3. The number of carbonyl (C=O) groups excluding carboxylic acids is 4. The van der Waals surface area contributed by atoms with Gasteiger partial charge in [0.2, 0.25) is 11.8 Å². The minimum Gasteiger partial charge on any atom is -0.469 e. The predicted molar refractivity (Wildman–Crippen MR) is 217 cm³/mol. The quantitative estimate of drug-likeness (QED) is 0.117. The standard InChI is InChI=1S/C40H60ClN7O6S/c1-39(2,3)54-38(52)44-29-40(4)18-21-47(22-19-40)32-27-43-34(28-42-32)55-31-14-12-13-30(37(31)41)45-33(49)16-17-35(50)48-25-23-46(24-26-48)20-11-9-7-6-8-10-15-36(51)53-5/h12-14,27-28H,6-11,15-26,29H2,1-5H3,(H,44,52)(H,45,49). The number of rotatable bonds is 18. The van der Waals surface area contributed by atoms with Crippen LogP contribution in [-0.2, 0) is 23.9 Å². The lowest BCUT2D eigenvalue weighted by Crippen LogP contribution is -2.48. The molecule has 4 rings (SSSR count). The zero-order chi connectivity index (χ0) is 39.8. The first kappa shape index (κ1) is 44.1. The number of unbranched alkanes of at least 4 members (excludes halogenated alkanes) is 5. The third kappa shape index (κ3) is 15.4. The van der Waals surface area contributed by atoms with Crippen molar-refractivity contribution in [1.82, 2.24) is 25.1 Å². The number of aromatic nitrogens is 2. The number of benzene rings is 1. The molecule has 0 bridgehead atoms. The molecule has 15 heteroatoms. The maximum absolute atomic E-state index is 12.9. The molecular formula is C40H60ClN7O6S. The second-order valence-electron chi connectivity index (χ2n) is 15.8. The molecule has 0 spiro atoms. The number of hydrogen-bond acceptors (Lipinski definition) is 11. The first-order chi connectivity index (χ1) is 26.2. The summed E-state index contributed by atoms with van der Waals surface area (Å²) in [7, 11) is 1.43. The average Bonchev–Trinajstić information content (AvgIpc) is 3.16. The van der Waals surface area contributed by atoms with Gasteiger partial charge in [0, 0.05) is 70.0 Å². The number of piperidine rings is 1. The van der Waals surface area contributed by atoms with Crippen molar-refractivity contribution in [2.24, 2.45) is 5.41 Å². The van der Waals surface area contributed by atoms with Crippen LogP contribution in [0.2, 0.25) is 5.02 Å². The van der Waals surface area contributed by atoms with Crippen molar-refractivity contribution in [1.29, 1.82) is 0 Å². The maximum Gasteiger partial charge on any atom is 0.407 e. The van der Waals surface area contributed by atoms with Crippen LogP contribution < -0.4 is 15.5 Å². The van der Waals surface area contributed by atoms with Crippen LogP contribution in [0.3, 0.4) is 0 Å². The molecule has 2 N–H and O–H groups in total. The number of esters is 1. The number of nitrogens with zero attached hydrogens (tertiary/aromatic N) is 5. The lowest BCUT2D eigenvalue weighted by molar-refractivity contribution is -0.140.